The van der Waals surface area contributed by atoms with Crippen LogP contribution in [0.3, 0.4) is 0 Å². The van der Waals surface area contributed by atoms with Crippen molar-refractivity contribution in [2.75, 3.05) is 24.6 Å². The van der Waals surface area contributed by atoms with Crippen molar-refractivity contribution >= 4 is 16.6 Å². The first-order valence-electron chi connectivity index (χ1n) is 9.13. The molecule has 4 heteroatoms. The lowest BCUT2D eigenvalue weighted by Crippen LogP contribution is -2.19. The standard InChI is InChI=1S/C20H20N2O.C2H6O/c1-14-11-20(18-12-17(23)7-8-19(18)21-14)22-10-9-16(13-22)15-5-3-2-4-6-15;1-2-3/h2-8,11-12,16,23H,9-10,13H2,1H3;3H,2H2,1H3. The third-order valence-electron chi connectivity index (χ3n) is 4.70. The molecule has 2 N–H and O–H groups in total. The predicted molar refractivity (Wildman–Crippen MR) is 107 cm³/mol. The maximum atomic E-state index is 9.85. The molecule has 1 fully saturated rings. The molecule has 136 valence electrons. The smallest absolute Gasteiger partial charge is 0.116 e. The Morgan fingerprint density at radius 1 is 1.12 bits per heavy atom. The van der Waals surface area contributed by atoms with Gasteiger partial charge in [-0.2, -0.15) is 0 Å². The first kappa shape index (κ1) is 18.2. The molecule has 26 heavy (non-hydrogen) atoms. The number of benzene rings is 2. The predicted octanol–water partition coefficient (Wildman–Crippen LogP) is 4.24. The van der Waals surface area contributed by atoms with Crippen molar-refractivity contribution in [3.05, 3.63) is 65.9 Å². The van der Waals surface area contributed by atoms with Crippen LogP contribution in [-0.4, -0.2) is 34.9 Å². The number of aliphatic hydroxyl groups is 1. The van der Waals surface area contributed by atoms with E-state index in [1.807, 2.05) is 19.1 Å². The van der Waals surface area contributed by atoms with Gasteiger partial charge in [-0.15, -0.1) is 0 Å². The molecule has 0 radical (unpaired) electrons. The third kappa shape index (κ3) is 3.97. The summed E-state index contributed by atoms with van der Waals surface area (Å²) in [4.78, 5) is 7.01. The summed E-state index contributed by atoms with van der Waals surface area (Å²) in [5.41, 5.74) is 4.55. The average molecular weight is 350 g/mol. The number of fused-ring (bicyclic) bond motifs is 1. The molecule has 4 rings (SSSR count). The van der Waals surface area contributed by atoms with Crippen LogP contribution in [-0.2, 0) is 0 Å². The van der Waals surface area contributed by atoms with Crippen molar-refractivity contribution in [2.24, 2.45) is 0 Å². The highest BCUT2D eigenvalue weighted by Gasteiger charge is 2.25. The van der Waals surface area contributed by atoms with Crippen molar-refractivity contribution in [3.8, 4) is 5.75 Å². The lowest BCUT2D eigenvalue weighted by atomic mass is 9.99. The van der Waals surface area contributed by atoms with E-state index in [-0.39, 0.29) is 6.61 Å². The number of anilines is 1. The van der Waals surface area contributed by atoms with E-state index in [2.05, 4.69) is 46.3 Å². The minimum atomic E-state index is 0.250. The lowest BCUT2D eigenvalue weighted by molar-refractivity contribution is 0.318. The summed E-state index contributed by atoms with van der Waals surface area (Å²) in [6.07, 6.45) is 1.16. The molecular weight excluding hydrogens is 324 g/mol. The Labute approximate surface area is 154 Å². The highest BCUT2D eigenvalue weighted by Crippen LogP contribution is 2.35. The van der Waals surface area contributed by atoms with Crippen LogP contribution in [0.25, 0.3) is 10.9 Å². The summed E-state index contributed by atoms with van der Waals surface area (Å²) in [6.45, 7) is 6.01. The minimum absolute atomic E-state index is 0.250. The highest BCUT2D eigenvalue weighted by molar-refractivity contribution is 5.93. The Kier molecular flexibility index (Phi) is 5.74. The first-order valence-corrected chi connectivity index (χ1v) is 9.13. The zero-order chi connectivity index (χ0) is 18.5. The minimum Gasteiger partial charge on any atom is -0.508 e. The first-order chi connectivity index (χ1) is 12.6. The third-order valence-corrected chi connectivity index (χ3v) is 4.70. The van der Waals surface area contributed by atoms with Gasteiger partial charge in [0, 0.05) is 42.4 Å². The van der Waals surface area contributed by atoms with E-state index in [0.717, 1.165) is 36.1 Å². The van der Waals surface area contributed by atoms with Gasteiger partial charge in [0.2, 0.25) is 0 Å². The zero-order valence-corrected chi connectivity index (χ0v) is 15.4. The normalized spacial score (nSPS) is 16.4. The van der Waals surface area contributed by atoms with Gasteiger partial charge in [0.25, 0.3) is 0 Å². The van der Waals surface area contributed by atoms with Gasteiger partial charge >= 0.3 is 0 Å². The summed E-state index contributed by atoms with van der Waals surface area (Å²) < 4.78 is 0. The maximum absolute atomic E-state index is 9.85. The number of aromatic nitrogens is 1. The van der Waals surface area contributed by atoms with Crippen molar-refractivity contribution in [1.29, 1.82) is 0 Å². The number of hydrogen-bond donors (Lipinski definition) is 2. The summed E-state index contributed by atoms with van der Waals surface area (Å²) >= 11 is 0. The quantitative estimate of drug-likeness (QED) is 0.726. The van der Waals surface area contributed by atoms with Crippen molar-refractivity contribution in [1.82, 2.24) is 4.98 Å². The van der Waals surface area contributed by atoms with E-state index in [0.29, 0.717) is 11.7 Å². The average Bonchev–Trinajstić information content (AvgIpc) is 3.13. The molecule has 1 unspecified atom stereocenters. The Morgan fingerprint density at radius 3 is 2.58 bits per heavy atom. The number of rotatable bonds is 2. The van der Waals surface area contributed by atoms with Gasteiger partial charge in [0.1, 0.15) is 5.75 Å². The van der Waals surface area contributed by atoms with Gasteiger partial charge in [-0.05, 0) is 50.1 Å². The largest absolute Gasteiger partial charge is 0.508 e. The van der Waals surface area contributed by atoms with Crippen LogP contribution >= 0.6 is 0 Å². The van der Waals surface area contributed by atoms with Gasteiger partial charge in [-0.25, -0.2) is 0 Å². The Balaban J connectivity index is 0.000000613. The molecule has 0 aliphatic carbocycles. The van der Waals surface area contributed by atoms with Gasteiger partial charge in [-0.3, -0.25) is 4.98 Å². The highest BCUT2D eigenvalue weighted by atomic mass is 16.3. The molecular formula is C22H26N2O2. The van der Waals surface area contributed by atoms with Crippen molar-refractivity contribution < 1.29 is 10.2 Å². The summed E-state index contributed by atoms with van der Waals surface area (Å²) in [7, 11) is 0. The van der Waals surface area contributed by atoms with Crippen molar-refractivity contribution in [2.45, 2.75) is 26.2 Å². The van der Waals surface area contributed by atoms with Crippen LogP contribution < -0.4 is 4.90 Å². The summed E-state index contributed by atoms with van der Waals surface area (Å²) in [6, 6.07) is 18.3. The SMILES string of the molecule is CCO.Cc1cc(N2CCC(c3ccccc3)C2)c2cc(O)ccc2n1. The van der Waals surface area contributed by atoms with Crippen molar-refractivity contribution in [3.63, 3.8) is 0 Å². The molecule has 0 amide bonds. The van der Waals surface area contributed by atoms with E-state index in [1.165, 1.54) is 11.3 Å². The zero-order valence-electron chi connectivity index (χ0n) is 15.4. The maximum Gasteiger partial charge on any atom is 0.116 e. The number of pyridine rings is 1. The molecule has 0 spiro atoms. The molecule has 0 saturated carbocycles. The van der Waals surface area contributed by atoms with Gasteiger partial charge in [0.05, 0.1) is 5.52 Å². The fraction of sp³-hybridized carbons (Fsp3) is 0.318. The topological polar surface area (TPSA) is 56.6 Å². The van der Waals surface area contributed by atoms with Crippen LogP contribution in [0.4, 0.5) is 5.69 Å². The number of phenols is 1. The summed E-state index contributed by atoms with van der Waals surface area (Å²) in [5.74, 6) is 0.861. The molecule has 1 aromatic heterocycles. The molecule has 2 aromatic carbocycles. The molecule has 0 bridgehead atoms. The summed E-state index contributed by atoms with van der Waals surface area (Å²) in [5, 5.41) is 18.5. The molecule has 1 saturated heterocycles. The van der Waals surface area contributed by atoms with Crippen LogP contribution in [0, 0.1) is 6.92 Å². The number of hydrogen-bond acceptors (Lipinski definition) is 4. The number of aryl methyl sites for hydroxylation is 1. The number of aromatic hydroxyl groups is 1. The Bertz CT molecular complexity index is 865. The fourth-order valence-corrected chi connectivity index (χ4v) is 3.56. The second kappa shape index (κ2) is 8.19. The molecule has 1 aliphatic rings. The molecule has 1 aliphatic heterocycles. The molecule has 3 aromatic rings. The molecule has 4 nitrogen and oxygen atoms in total. The van der Waals surface area contributed by atoms with E-state index in [1.54, 1.807) is 13.0 Å². The fourth-order valence-electron chi connectivity index (χ4n) is 3.56. The lowest BCUT2D eigenvalue weighted by Gasteiger charge is -2.21. The van der Waals surface area contributed by atoms with E-state index >= 15 is 0 Å². The van der Waals surface area contributed by atoms with Gasteiger partial charge in [0.15, 0.2) is 0 Å². The van der Waals surface area contributed by atoms with Crippen LogP contribution in [0.5, 0.6) is 5.75 Å². The molecule has 2 heterocycles. The van der Waals surface area contributed by atoms with Crippen LogP contribution in [0.2, 0.25) is 0 Å². The number of phenolic OH excluding ortho intramolecular Hbond substituents is 1. The van der Waals surface area contributed by atoms with Gasteiger partial charge in [-0.1, -0.05) is 30.3 Å². The second-order valence-corrected chi connectivity index (χ2v) is 6.64. The Morgan fingerprint density at radius 2 is 1.85 bits per heavy atom. The Hall–Kier alpha value is -2.59. The monoisotopic (exact) mass is 350 g/mol. The van der Waals surface area contributed by atoms with E-state index in [9.17, 15) is 5.11 Å². The van der Waals surface area contributed by atoms with E-state index < -0.39 is 0 Å². The van der Waals surface area contributed by atoms with Crippen LogP contribution in [0.15, 0.2) is 54.6 Å². The van der Waals surface area contributed by atoms with E-state index in [4.69, 9.17) is 5.11 Å². The second-order valence-electron chi connectivity index (χ2n) is 6.64. The van der Waals surface area contributed by atoms with Gasteiger partial charge < -0.3 is 15.1 Å². The number of nitrogens with zero attached hydrogens (tertiary/aromatic N) is 2. The molecule has 1 atom stereocenters. The number of aliphatic hydroxyl groups excluding tert-OH is 1. The van der Waals surface area contributed by atoms with Crippen LogP contribution in [0.1, 0.15) is 30.5 Å².